The lowest BCUT2D eigenvalue weighted by Gasteiger charge is -2.30. The predicted molar refractivity (Wildman–Crippen MR) is 112 cm³/mol. The van der Waals surface area contributed by atoms with E-state index in [0.29, 0.717) is 6.54 Å². The third kappa shape index (κ3) is 3.33. The third-order valence-corrected chi connectivity index (χ3v) is 6.09. The molecule has 1 aliphatic carbocycles. The summed E-state index contributed by atoms with van der Waals surface area (Å²) in [5, 5.41) is 3.10. The molecule has 0 amide bonds. The summed E-state index contributed by atoms with van der Waals surface area (Å²) in [6.07, 6.45) is 3.51. The van der Waals surface area contributed by atoms with Crippen LogP contribution >= 0.6 is 0 Å². The molecule has 7 heteroatoms. The van der Waals surface area contributed by atoms with Crippen LogP contribution in [0.25, 0.3) is 0 Å². The zero-order valence-electron chi connectivity index (χ0n) is 17.2. The van der Waals surface area contributed by atoms with Gasteiger partial charge in [0.15, 0.2) is 17.7 Å². The fourth-order valence-corrected chi connectivity index (χ4v) is 4.52. The lowest BCUT2D eigenvalue weighted by molar-refractivity contribution is -0.155. The monoisotopic (exact) mass is 410 g/mol. The van der Waals surface area contributed by atoms with Gasteiger partial charge < -0.3 is 29.2 Å². The fourth-order valence-electron chi connectivity index (χ4n) is 4.52. The van der Waals surface area contributed by atoms with Crippen molar-refractivity contribution in [1.82, 2.24) is 0 Å². The van der Waals surface area contributed by atoms with Gasteiger partial charge in [-0.2, -0.15) is 0 Å². The van der Waals surface area contributed by atoms with E-state index in [1.165, 1.54) is 25.5 Å². The molecule has 30 heavy (non-hydrogen) atoms. The van der Waals surface area contributed by atoms with Gasteiger partial charge in [0.1, 0.15) is 0 Å². The SMILES string of the molecule is COC(=O)C1Nc2ccc3c(c2)C(O1)N(c1ccc(OC)c(OC2CCCC2)c1)C3. The Morgan fingerprint density at radius 1 is 1.10 bits per heavy atom. The molecule has 1 saturated carbocycles. The average molecular weight is 410 g/mol. The molecule has 3 aliphatic rings. The molecule has 2 aromatic rings. The maximum absolute atomic E-state index is 12.2. The Bertz CT molecular complexity index is 957. The van der Waals surface area contributed by atoms with Crippen molar-refractivity contribution < 1.29 is 23.7 Å². The minimum Gasteiger partial charge on any atom is -0.493 e. The molecule has 2 atom stereocenters. The quantitative estimate of drug-likeness (QED) is 0.748. The van der Waals surface area contributed by atoms with Gasteiger partial charge in [-0.15, -0.1) is 0 Å². The van der Waals surface area contributed by atoms with Crippen LogP contribution in [0.2, 0.25) is 0 Å². The highest BCUT2D eigenvalue weighted by molar-refractivity contribution is 5.78. The molecule has 7 nitrogen and oxygen atoms in total. The predicted octanol–water partition coefficient (Wildman–Crippen LogP) is 3.98. The zero-order chi connectivity index (χ0) is 20.7. The summed E-state index contributed by atoms with van der Waals surface area (Å²) in [4.78, 5) is 14.4. The molecular weight excluding hydrogens is 384 g/mol. The van der Waals surface area contributed by atoms with E-state index in [0.717, 1.165) is 41.3 Å². The van der Waals surface area contributed by atoms with Gasteiger partial charge in [0.2, 0.25) is 6.23 Å². The van der Waals surface area contributed by atoms with Crippen LogP contribution in [0.15, 0.2) is 36.4 Å². The Kier molecular flexibility index (Phi) is 4.90. The number of rotatable bonds is 5. The van der Waals surface area contributed by atoms with Crippen molar-refractivity contribution in [3.63, 3.8) is 0 Å². The Morgan fingerprint density at radius 3 is 2.70 bits per heavy atom. The first kappa shape index (κ1) is 19.1. The first-order valence-electron chi connectivity index (χ1n) is 10.4. The van der Waals surface area contributed by atoms with Crippen molar-refractivity contribution in [2.45, 2.75) is 50.8 Å². The molecule has 0 aromatic heterocycles. The number of fused-ring (bicyclic) bond motifs is 1. The Hall–Kier alpha value is -2.93. The molecule has 1 N–H and O–H groups in total. The van der Waals surface area contributed by atoms with E-state index in [1.54, 1.807) is 7.11 Å². The normalized spacial score (nSPS) is 22.4. The second-order valence-corrected chi connectivity index (χ2v) is 7.94. The third-order valence-electron chi connectivity index (χ3n) is 6.09. The number of anilines is 2. The lowest BCUT2D eigenvalue weighted by atomic mass is 10.1. The number of hydrogen-bond acceptors (Lipinski definition) is 7. The van der Waals surface area contributed by atoms with Crippen LogP contribution in [-0.4, -0.2) is 32.5 Å². The zero-order valence-corrected chi connectivity index (χ0v) is 17.2. The minimum atomic E-state index is -0.874. The van der Waals surface area contributed by atoms with Gasteiger partial charge in [0.25, 0.3) is 0 Å². The van der Waals surface area contributed by atoms with Crippen LogP contribution in [0.1, 0.15) is 43.0 Å². The molecular formula is C23H26N2O5. The van der Waals surface area contributed by atoms with Gasteiger partial charge in [-0.1, -0.05) is 6.07 Å². The van der Waals surface area contributed by atoms with Crippen molar-refractivity contribution in [1.29, 1.82) is 0 Å². The molecule has 0 saturated heterocycles. The molecule has 2 bridgehead atoms. The summed E-state index contributed by atoms with van der Waals surface area (Å²) < 4.78 is 22.9. The van der Waals surface area contributed by atoms with Crippen LogP contribution < -0.4 is 19.7 Å². The standard InChI is InChI=1S/C23H26N2O5/c1-27-19-10-9-16(12-20(19)29-17-5-3-4-6-17)25-13-14-7-8-15-11-18(14)22(25)30-21(24-15)23(26)28-2/h7-12,17,21-22,24H,3-6,13H2,1-2H3. The summed E-state index contributed by atoms with van der Waals surface area (Å²) >= 11 is 0. The highest BCUT2D eigenvalue weighted by Gasteiger charge is 2.38. The molecule has 2 aromatic carbocycles. The number of carbonyl (C=O) groups excluding carboxylic acids is 1. The van der Waals surface area contributed by atoms with Crippen LogP contribution in [0.3, 0.4) is 0 Å². The first-order chi connectivity index (χ1) is 14.7. The average Bonchev–Trinajstić information content (AvgIpc) is 3.38. The van der Waals surface area contributed by atoms with Crippen LogP contribution in [0.4, 0.5) is 11.4 Å². The molecule has 0 radical (unpaired) electrons. The van der Waals surface area contributed by atoms with E-state index in [4.69, 9.17) is 18.9 Å². The van der Waals surface area contributed by atoms with E-state index in [9.17, 15) is 4.79 Å². The lowest BCUT2D eigenvalue weighted by Crippen LogP contribution is -2.37. The number of esters is 1. The maximum atomic E-state index is 12.2. The fraction of sp³-hybridized carbons (Fsp3) is 0.435. The van der Waals surface area contributed by atoms with E-state index >= 15 is 0 Å². The Labute approximate surface area is 175 Å². The summed E-state index contributed by atoms with van der Waals surface area (Å²) in [5.74, 6) is 1.01. The maximum Gasteiger partial charge on any atom is 0.356 e. The van der Waals surface area contributed by atoms with Gasteiger partial charge in [-0.3, -0.25) is 0 Å². The number of carbonyl (C=O) groups is 1. The van der Waals surface area contributed by atoms with Crippen molar-refractivity contribution in [3.05, 3.63) is 47.5 Å². The van der Waals surface area contributed by atoms with E-state index in [-0.39, 0.29) is 6.10 Å². The Balaban J connectivity index is 1.48. The first-order valence-corrected chi connectivity index (χ1v) is 10.4. The number of ether oxygens (including phenoxy) is 4. The minimum absolute atomic E-state index is 0.231. The van der Waals surface area contributed by atoms with Crippen LogP contribution in [-0.2, 0) is 20.8 Å². The number of nitrogens with one attached hydrogen (secondary N) is 1. The number of nitrogens with zero attached hydrogens (tertiary/aromatic N) is 1. The summed E-state index contributed by atoms with van der Waals surface area (Å²) in [5.41, 5.74) is 4.02. The summed E-state index contributed by atoms with van der Waals surface area (Å²) in [6.45, 7) is 0.684. The van der Waals surface area contributed by atoms with Gasteiger partial charge >= 0.3 is 5.97 Å². The molecule has 1 fully saturated rings. The molecule has 5 rings (SSSR count). The van der Waals surface area contributed by atoms with E-state index in [2.05, 4.69) is 16.3 Å². The summed E-state index contributed by atoms with van der Waals surface area (Å²) in [6, 6.07) is 12.0. The Morgan fingerprint density at radius 2 is 1.93 bits per heavy atom. The molecule has 2 heterocycles. The van der Waals surface area contributed by atoms with Crippen molar-refractivity contribution in [2.75, 3.05) is 24.4 Å². The second-order valence-electron chi connectivity index (χ2n) is 7.94. The van der Waals surface area contributed by atoms with Gasteiger partial charge in [0, 0.05) is 29.5 Å². The van der Waals surface area contributed by atoms with E-state index in [1.807, 2.05) is 30.3 Å². The topological polar surface area (TPSA) is 69.3 Å². The number of benzene rings is 2. The molecule has 158 valence electrons. The summed E-state index contributed by atoms with van der Waals surface area (Å²) in [7, 11) is 3.02. The smallest absolute Gasteiger partial charge is 0.356 e. The van der Waals surface area contributed by atoms with Crippen LogP contribution in [0, 0.1) is 0 Å². The van der Waals surface area contributed by atoms with Crippen molar-refractivity contribution >= 4 is 17.3 Å². The van der Waals surface area contributed by atoms with Crippen molar-refractivity contribution in [2.24, 2.45) is 0 Å². The second kappa shape index (κ2) is 7.72. The largest absolute Gasteiger partial charge is 0.493 e. The molecule has 2 aliphatic heterocycles. The van der Waals surface area contributed by atoms with Gasteiger partial charge in [-0.25, -0.2) is 4.79 Å². The molecule has 0 spiro atoms. The highest BCUT2D eigenvalue weighted by atomic mass is 16.6. The van der Waals surface area contributed by atoms with Crippen molar-refractivity contribution in [3.8, 4) is 11.5 Å². The number of hydrogen-bond donors (Lipinski definition) is 1. The van der Waals surface area contributed by atoms with Gasteiger partial charge in [-0.05, 0) is 55.5 Å². The highest BCUT2D eigenvalue weighted by Crippen LogP contribution is 2.44. The molecule has 2 unspecified atom stereocenters. The number of methoxy groups -OCH3 is 2. The van der Waals surface area contributed by atoms with Gasteiger partial charge in [0.05, 0.1) is 20.3 Å². The van der Waals surface area contributed by atoms with Crippen LogP contribution in [0.5, 0.6) is 11.5 Å². The van der Waals surface area contributed by atoms with E-state index < -0.39 is 18.4 Å².